The number of rotatable bonds is 9. The number of hydrogen-bond acceptors (Lipinski definition) is 4. The number of carbonyl (C=O) groups excluding carboxylic acids is 1. The van der Waals surface area contributed by atoms with Crippen LogP contribution in [0.15, 0.2) is 0 Å². The zero-order chi connectivity index (χ0) is 12.6. The number of carbonyl (C=O) groups is 2. The standard InChI is InChI=1S/C10H17NO5/c1-8(12)6-7-9(11(15)16)4-2-3-5-10(13)14/h9H,2-7H2,1H3,(H,13,14). The summed E-state index contributed by atoms with van der Waals surface area (Å²) in [6.07, 6.45) is 1.79. The lowest BCUT2D eigenvalue weighted by Gasteiger charge is -2.07. The summed E-state index contributed by atoms with van der Waals surface area (Å²) in [6, 6.07) is -0.724. The van der Waals surface area contributed by atoms with Gasteiger partial charge in [0, 0.05) is 30.6 Å². The lowest BCUT2D eigenvalue weighted by Crippen LogP contribution is -2.20. The van der Waals surface area contributed by atoms with E-state index < -0.39 is 12.0 Å². The van der Waals surface area contributed by atoms with Crippen LogP contribution < -0.4 is 0 Å². The zero-order valence-electron chi connectivity index (χ0n) is 9.35. The van der Waals surface area contributed by atoms with Gasteiger partial charge < -0.3 is 9.90 Å². The number of carboxylic acid groups (broad SMARTS) is 1. The number of carboxylic acids is 1. The second-order valence-corrected chi connectivity index (χ2v) is 3.82. The Morgan fingerprint density at radius 1 is 1.25 bits per heavy atom. The van der Waals surface area contributed by atoms with Gasteiger partial charge in [-0.3, -0.25) is 14.9 Å². The molecule has 1 unspecified atom stereocenters. The molecule has 0 aliphatic rings. The highest BCUT2D eigenvalue weighted by Gasteiger charge is 2.19. The van der Waals surface area contributed by atoms with E-state index in [0.29, 0.717) is 19.3 Å². The highest BCUT2D eigenvalue weighted by Crippen LogP contribution is 2.11. The maximum atomic E-state index is 10.7. The number of hydrogen-bond donors (Lipinski definition) is 1. The molecule has 0 rings (SSSR count). The molecule has 0 aliphatic carbocycles. The summed E-state index contributed by atoms with van der Waals surface area (Å²) in [7, 11) is 0. The van der Waals surface area contributed by atoms with Crippen molar-refractivity contribution in [3.63, 3.8) is 0 Å². The van der Waals surface area contributed by atoms with Crippen molar-refractivity contribution in [2.75, 3.05) is 0 Å². The second kappa shape index (κ2) is 7.78. The molecule has 0 saturated heterocycles. The van der Waals surface area contributed by atoms with Gasteiger partial charge in [0.1, 0.15) is 5.78 Å². The lowest BCUT2D eigenvalue weighted by molar-refractivity contribution is -0.524. The number of aliphatic carboxylic acids is 1. The van der Waals surface area contributed by atoms with Gasteiger partial charge in [-0.2, -0.15) is 0 Å². The van der Waals surface area contributed by atoms with Gasteiger partial charge >= 0.3 is 5.97 Å². The monoisotopic (exact) mass is 231 g/mol. The minimum atomic E-state index is -0.888. The van der Waals surface area contributed by atoms with E-state index in [1.165, 1.54) is 6.92 Å². The van der Waals surface area contributed by atoms with Gasteiger partial charge in [0.05, 0.1) is 0 Å². The fourth-order valence-corrected chi connectivity index (χ4v) is 1.38. The maximum absolute atomic E-state index is 10.7. The maximum Gasteiger partial charge on any atom is 0.303 e. The Morgan fingerprint density at radius 3 is 2.31 bits per heavy atom. The zero-order valence-corrected chi connectivity index (χ0v) is 9.35. The molecule has 0 saturated carbocycles. The molecule has 1 atom stereocenters. The van der Waals surface area contributed by atoms with Crippen LogP contribution in [-0.2, 0) is 9.59 Å². The Bertz CT molecular complexity index is 264. The molecule has 0 spiro atoms. The van der Waals surface area contributed by atoms with E-state index in [0.717, 1.165) is 0 Å². The van der Waals surface area contributed by atoms with E-state index >= 15 is 0 Å². The van der Waals surface area contributed by atoms with Crippen LogP contribution in [0.2, 0.25) is 0 Å². The molecule has 6 heteroatoms. The first kappa shape index (κ1) is 14.5. The van der Waals surface area contributed by atoms with Crippen molar-refractivity contribution < 1.29 is 19.6 Å². The Hall–Kier alpha value is -1.46. The number of Topliss-reactive ketones (excluding diaryl/α,β-unsaturated/α-hetero) is 1. The normalized spacial score (nSPS) is 12.1. The summed E-state index contributed by atoms with van der Waals surface area (Å²) < 4.78 is 0. The van der Waals surface area contributed by atoms with Gasteiger partial charge in [-0.1, -0.05) is 0 Å². The van der Waals surface area contributed by atoms with E-state index in [1.807, 2.05) is 0 Å². The van der Waals surface area contributed by atoms with Crippen LogP contribution in [0.25, 0.3) is 0 Å². The van der Waals surface area contributed by atoms with Crippen molar-refractivity contribution in [3.05, 3.63) is 10.1 Å². The first-order valence-corrected chi connectivity index (χ1v) is 5.28. The van der Waals surface area contributed by atoms with Crippen molar-refractivity contribution in [1.29, 1.82) is 0 Å². The molecule has 0 aliphatic heterocycles. The number of ketones is 1. The summed E-state index contributed by atoms with van der Waals surface area (Å²) in [5, 5.41) is 19.0. The average Bonchev–Trinajstić information content (AvgIpc) is 2.15. The molecule has 1 N–H and O–H groups in total. The minimum absolute atomic E-state index is 0.0388. The molecule has 0 aromatic carbocycles. The molecule has 16 heavy (non-hydrogen) atoms. The molecule has 6 nitrogen and oxygen atoms in total. The Balaban J connectivity index is 3.81. The van der Waals surface area contributed by atoms with Crippen LogP contribution >= 0.6 is 0 Å². The molecule has 0 radical (unpaired) electrons. The third-order valence-electron chi connectivity index (χ3n) is 2.31. The van der Waals surface area contributed by atoms with E-state index in [2.05, 4.69) is 0 Å². The van der Waals surface area contributed by atoms with Crippen LogP contribution in [0.1, 0.15) is 45.4 Å². The molecule has 0 heterocycles. The number of unbranched alkanes of at least 4 members (excludes halogenated alkanes) is 1. The quantitative estimate of drug-likeness (QED) is 0.369. The van der Waals surface area contributed by atoms with Gasteiger partial charge in [0.25, 0.3) is 0 Å². The van der Waals surface area contributed by atoms with Crippen LogP contribution in [0, 0.1) is 10.1 Å². The molecule has 0 amide bonds. The van der Waals surface area contributed by atoms with Crippen LogP contribution in [-0.4, -0.2) is 27.8 Å². The second-order valence-electron chi connectivity index (χ2n) is 3.82. The minimum Gasteiger partial charge on any atom is -0.481 e. The lowest BCUT2D eigenvalue weighted by atomic mass is 10.0. The van der Waals surface area contributed by atoms with Gasteiger partial charge in [-0.25, -0.2) is 0 Å². The smallest absolute Gasteiger partial charge is 0.303 e. The summed E-state index contributed by atoms with van der Waals surface area (Å²) in [5.41, 5.74) is 0. The highest BCUT2D eigenvalue weighted by molar-refractivity contribution is 5.75. The molecular formula is C10H17NO5. The van der Waals surface area contributed by atoms with Crippen molar-refractivity contribution in [1.82, 2.24) is 0 Å². The van der Waals surface area contributed by atoms with E-state index in [4.69, 9.17) is 5.11 Å². The summed E-state index contributed by atoms with van der Waals surface area (Å²) in [6.45, 7) is 1.40. The highest BCUT2D eigenvalue weighted by atomic mass is 16.6. The van der Waals surface area contributed by atoms with Crippen molar-refractivity contribution in [3.8, 4) is 0 Å². The third-order valence-corrected chi connectivity index (χ3v) is 2.31. The summed E-state index contributed by atoms with van der Waals surface area (Å²) in [4.78, 5) is 31.1. The first-order valence-electron chi connectivity index (χ1n) is 5.28. The SMILES string of the molecule is CC(=O)CCC(CCCCC(=O)O)[N+](=O)[O-]. The van der Waals surface area contributed by atoms with Gasteiger partial charge in [-0.15, -0.1) is 0 Å². The first-order chi connectivity index (χ1) is 7.43. The summed E-state index contributed by atoms with van der Waals surface area (Å²) >= 11 is 0. The van der Waals surface area contributed by atoms with E-state index in [9.17, 15) is 19.7 Å². The molecule has 92 valence electrons. The van der Waals surface area contributed by atoms with Gasteiger partial charge in [0.15, 0.2) is 0 Å². The fourth-order valence-electron chi connectivity index (χ4n) is 1.38. The van der Waals surface area contributed by atoms with E-state index in [-0.39, 0.29) is 30.0 Å². The van der Waals surface area contributed by atoms with Crippen LogP contribution in [0.4, 0.5) is 0 Å². The number of nitrogens with zero attached hydrogens (tertiary/aromatic N) is 1. The fraction of sp³-hybridized carbons (Fsp3) is 0.800. The van der Waals surface area contributed by atoms with Crippen molar-refractivity contribution >= 4 is 11.8 Å². The van der Waals surface area contributed by atoms with E-state index in [1.54, 1.807) is 0 Å². The number of nitro groups is 1. The molecule has 0 bridgehead atoms. The molecule has 0 aromatic heterocycles. The van der Waals surface area contributed by atoms with Crippen molar-refractivity contribution in [2.45, 2.75) is 51.5 Å². The molecular weight excluding hydrogens is 214 g/mol. The predicted octanol–water partition coefficient (Wildman–Crippen LogP) is 1.65. The molecule has 0 aromatic rings. The predicted molar refractivity (Wildman–Crippen MR) is 56.8 cm³/mol. The largest absolute Gasteiger partial charge is 0.481 e. The Kier molecular flexibility index (Phi) is 7.07. The Morgan fingerprint density at radius 2 is 1.88 bits per heavy atom. The van der Waals surface area contributed by atoms with Crippen LogP contribution in [0.5, 0.6) is 0 Å². The van der Waals surface area contributed by atoms with Gasteiger partial charge in [0.2, 0.25) is 6.04 Å². The average molecular weight is 231 g/mol. The van der Waals surface area contributed by atoms with Crippen LogP contribution in [0.3, 0.4) is 0 Å². The topological polar surface area (TPSA) is 97.5 Å². The Labute approximate surface area is 93.8 Å². The molecule has 0 fully saturated rings. The third kappa shape index (κ3) is 7.90. The summed E-state index contributed by atoms with van der Waals surface area (Å²) in [5.74, 6) is -0.946. The van der Waals surface area contributed by atoms with Gasteiger partial charge in [-0.05, 0) is 19.8 Å². The van der Waals surface area contributed by atoms with Crippen molar-refractivity contribution in [2.24, 2.45) is 0 Å².